The Morgan fingerprint density at radius 3 is 2.90 bits per heavy atom. The van der Waals surface area contributed by atoms with E-state index < -0.39 is 0 Å². The van der Waals surface area contributed by atoms with Crippen molar-refractivity contribution in [3.8, 4) is 0 Å². The van der Waals surface area contributed by atoms with Crippen molar-refractivity contribution in [2.75, 3.05) is 18.2 Å². The highest BCUT2D eigenvalue weighted by Crippen LogP contribution is 2.24. The molecule has 1 N–H and O–H groups in total. The van der Waals surface area contributed by atoms with Gasteiger partial charge in [-0.2, -0.15) is 0 Å². The first-order valence-corrected chi connectivity index (χ1v) is 8.16. The normalized spacial score (nSPS) is 16.7. The third-order valence-corrected chi connectivity index (χ3v) is 4.08. The van der Waals surface area contributed by atoms with E-state index in [1.54, 1.807) is 11.8 Å². The summed E-state index contributed by atoms with van der Waals surface area (Å²) in [6.45, 7) is -0.238. The molecule has 4 nitrogen and oxygen atoms in total. The van der Waals surface area contributed by atoms with E-state index in [0.29, 0.717) is 6.42 Å². The van der Waals surface area contributed by atoms with Gasteiger partial charge in [0.05, 0.1) is 12.1 Å². The maximum Gasteiger partial charge on any atom is 0.306 e. The smallest absolute Gasteiger partial charge is 0.306 e. The van der Waals surface area contributed by atoms with Gasteiger partial charge in [-0.25, -0.2) is 0 Å². The second-order valence-corrected chi connectivity index (χ2v) is 5.73. The van der Waals surface area contributed by atoms with E-state index in [2.05, 4.69) is 11.4 Å². The minimum absolute atomic E-state index is 0.238. The number of anilines is 1. The molecule has 1 aromatic carbocycles. The number of carbonyl (C=O) groups excluding carboxylic acids is 2. The van der Waals surface area contributed by atoms with Gasteiger partial charge in [-0.1, -0.05) is 24.3 Å². The summed E-state index contributed by atoms with van der Waals surface area (Å²) in [7, 11) is 0. The van der Waals surface area contributed by atoms with Gasteiger partial charge in [0.2, 0.25) is 0 Å². The number of esters is 1. The fourth-order valence-electron chi connectivity index (χ4n) is 2.22. The molecule has 0 unspecified atom stereocenters. The Bertz CT molecular complexity index is 542. The van der Waals surface area contributed by atoms with Crippen LogP contribution in [0.5, 0.6) is 0 Å². The summed E-state index contributed by atoms with van der Waals surface area (Å²) < 4.78 is 5.02. The van der Waals surface area contributed by atoms with E-state index >= 15 is 0 Å². The molecule has 0 saturated heterocycles. The molecule has 5 heteroatoms. The number of carbonyl (C=O) groups is 2. The molecule has 0 fully saturated rings. The number of hydrogen-bond donors (Lipinski definition) is 1. The van der Waals surface area contributed by atoms with Crippen molar-refractivity contribution in [1.29, 1.82) is 0 Å². The molecule has 0 spiro atoms. The third kappa shape index (κ3) is 4.93. The van der Waals surface area contributed by atoms with Gasteiger partial charge in [0.15, 0.2) is 6.61 Å². The SMILES string of the molecule is CSc1ccccc1NC(=O)COC(=O)C[C@@H]1C=CCC1. The molecule has 2 rings (SSSR count). The van der Waals surface area contributed by atoms with Crippen LogP contribution in [-0.4, -0.2) is 24.7 Å². The zero-order valence-electron chi connectivity index (χ0n) is 12.0. The van der Waals surface area contributed by atoms with Crippen LogP contribution in [0.15, 0.2) is 41.3 Å². The Morgan fingerprint density at radius 1 is 1.38 bits per heavy atom. The fraction of sp³-hybridized carbons (Fsp3) is 0.375. The molecule has 1 aliphatic carbocycles. The van der Waals surface area contributed by atoms with Crippen LogP contribution < -0.4 is 5.32 Å². The molecule has 1 aromatic rings. The fourth-order valence-corrected chi connectivity index (χ4v) is 2.77. The molecule has 0 bridgehead atoms. The monoisotopic (exact) mass is 305 g/mol. The number of rotatable bonds is 6. The first kappa shape index (κ1) is 15.6. The average Bonchev–Trinajstić information content (AvgIpc) is 2.98. The number of para-hydroxylation sites is 1. The van der Waals surface area contributed by atoms with E-state index in [1.807, 2.05) is 36.6 Å². The van der Waals surface area contributed by atoms with Crippen LogP contribution in [0.1, 0.15) is 19.3 Å². The summed E-state index contributed by atoms with van der Waals surface area (Å²) in [4.78, 5) is 24.4. The van der Waals surface area contributed by atoms with Crippen LogP contribution in [0.4, 0.5) is 5.69 Å². The molecule has 21 heavy (non-hydrogen) atoms. The summed E-state index contributed by atoms with van der Waals surface area (Å²) in [6.07, 6.45) is 8.41. The van der Waals surface area contributed by atoms with Crippen LogP contribution in [0.3, 0.4) is 0 Å². The molecule has 1 amide bonds. The molecule has 0 aromatic heterocycles. The van der Waals surface area contributed by atoms with Crippen LogP contribution in [0.2, 0.25) is 0 Å². The maximum absolute atomic E-state index is 11.8. The topological polar surface area (TPSA) is 55.4 Å². The van der Waals surface area contributed by atoms with Crippen molar-refractivity contribution < 1.29 is 14.3 Å². The Kier molecular flexibility index (Phi) is 5.87. The number of benzene rings is 1. The predicted octanol–water partition coefficient (Wildman–Crippen LogP) is 3.25. The first-order chi connectivity index (χ1) is 10.2. The largest absolute Gasteiger partial charge is 0.456 e. The molecule has 1 aliphatic rings. The van der Waals surface area contributed by atoms with Gasteiger partial charge in [-0.3, -0.25) is 9.59 Å². The first-order valence-electron chi connectivity index (χ1n) is 6.94. The van der Waals surface area contributed by atoms with E-state index in [1.165, 1.54) is 0 Å². The second-order valence-electron chi connectivity index (χ2n) is 4.88. The zero-order valence-corrected chi connectivity index (χ0v) is 12.8. The lowest BCUT2D eigenvalue weighted by molar-refractivity contribution is -0.147. The van der Waals surface area contributed by atoms with Crippen molar-refractivity contribution in [2.24, 2.45) is 5.92 Å². The van der Waals surface area contributed by atoms with Gasteiger partial charge >= 0.3 is 5.97 Å². The zero-order chi connectivity index (χ0) is 15.1. The number of ether oxygens (including phenoxy) is 1. The molecular weight excluding hydrogens is 286 g/mol. The van der Waals surface area contributed by atoms with Gasteiger partial charge in [-0.05, 0) is 37.1 Å². The Morgan fingerprint density at radius 2 is 2.19 bits per heavy atom. The molecular formula is C16H19NO3S. The highest BCUT2D eigenvalue weighted by molar-refractivity contribution is 7.98. The molecule has 112 valence electrons. The van der Waals surface area contributed by atoms with Gasteiger partial charge in [0.25, 0.3) is 5.91 Å². The van der Waals surface area contributed by atoms with Gasteiger partial charge in [-0.15, -0.1) is 11.8 Å². The summed E-state index contributed by atoms with van der Waals surface area (Å²) >= 11 is 1.55. The maximum atomic E-state index is 11.8. The summed E-state index contributed by atoms with van der Waals surface area (Å²) in [5, 5.41) is 2.76. The molecule has 0 aliphatic heterocycles. The highest BCUT2D eigenvalue weighted by Gasteiger charge is 2.16. The van der Waals surface area contributed by atoms with Gasteiger partial charge < -0.3 is 10.1 Å². The molecule has 1 atom stereocenters. The molecule has 0 radical (unpaired) electrons. The van der Waals surface area contributed by atoms with Crippen molar-refractivity contribution in [3.63, 3.8) is 0 Å². The molecule has 0 saturated carbocycles. The predicted molar refractivity (Wildman–Crippen MR) is 84.3 cm³/mol. The van der Waals surface area contributed by atoms with E-state index in [0.717, 1.165) is 23.4 Å². The standard InChI is InChI=1S/C16H19NO3S/c1-21-14-9-5-4-8-13(14)17-15(18)11-20-16(19)10-12-6-2-3-7-12/h2,4-6,8-9,12H,3,7,10-11H2,1H3,(H,17,18)/t12-/m1/s1. The van der Waals surface area contributed by atoms with Crippen molar-refractivity contribution in [3.05, 3.63) is 36.4 Å². The lowest BCUT2D eigenvalue weighted by atomic mass is 10.1. The Hall–Kier alpha value is -1.75. The van der Waals surface area contributed by atoms with Crippen LogP contribution in [-0.2, 0) is 14.3 Å². The second kappa shape index (κ2) is 7.88. The van der Waals surface area contributed by atoms with Gasteiger partial charge in [0.1, 0.15) is 0 Å². The quantitative estimate of drug-likeness (QED) is 0.498. The number of thioether (sulfide) groups is 1. The lowest BCUT2D eigenvalue weighted by Gasteiger charge is -2.10. The van der Waals surface area contributed by atoms with E-state index in [-0.39, 0.29) is 24.4 Å². The van der Waals surface area contributed by atoms with Crippen molar-refractivity contribution in [2.45, 2.75) is 24.2 Å². The lowest BCUT2D eigenvalue weighted by Crippen LogP contribution is -2.21. The number of amides is 1. The van der Waals surface area contributed by atoms with Crippen molar-refractivity contribution in [1.82, 2.24) is 0 Å². The number of allylic oxidation sites excluding steroid dienone is 2. The summed E-state index contributed by atoms with van der Waals surface area (Å²) in [5.74, 6) is -0.371. The van der Waals surface area contributed by atoms with Crippen LogP contribution in [0.25, 0.3) is 0 Å². The van der Waals surface area contributed by atoms with E-state index in [4.69, 9.17) is 4.74 Å². The van der Waals surface area contributed by atoms with E-state index in [9.17, 15) is 9.59 Å². The third-order valence-electron chi connectivity index (χ3n) is 3.29. The highest BCUT2D eigenvalue weighted by atomic mass is 32.2. The summed E-state index contributed by atoms with van der Waals surface area (Å²) in [5.41, 5.74) is 0.741. The van der Waals surface area contributed by atoms with Crippen LogP contribution >= 0.6 is 11.8 Å². The molecule has 0 heterocycles. The minimum Gasteiger partial charge on any atom is -0.456 e. The van der Waals surface area contributed by atoms with Crippen molar-refractivity contribution >= 4 is 29.3 Å². The average molecular weight is 305 g/mol. The van der Waals surface area contributed by atoms with Gasteiger partial charge in [0, 0.05) is 4.90 Å². The van der Waals surface area contributed by atoms with Crippen LogP contribution in [0, 0.1) is 5.92 Å². The number of nitrogens with one attached hydrogen (secondary N) is 1. The Balaban J connectivity index is 1.76. The Labute approximate surface area is 128 Å². The minimum atomic E-state index is -0.320. The summed E-state index contributed by atoms with van der Waals surface area (Å²) in [6, 6.07) is 7.53. The number of hydrogen-bond acceptors (Lipinski definition) is 4.